The minimum absolute atomic E-state index is 0.0641. The minimum atomic E-state index is -0.487. The van der Waals surface area contributed by atoms with Crippen molar-refractivity contribution >= 4 is 53.9 Å². The fraction of sp³-hybridized carbons (Fsp3) is 0. The standard InChI is InChI=1S/C50H30O/c1-3-13-31(14-4-1)35-21-11-23-39-37(35)26-27-43-47(32-15-5-2-6-16-32)40-19-9-10-20-41(40)48(50(39)43)34-25-28-45-44(29-34)42-24-12-22-38-36-18-8-7-17-33(36)30-46(51-45)49(38)42/h1-30H/i1D,2D,3D,4D,5D,6D,13D,14D,15D,16D. The van der Waals surface area contributed by atoms with E-state index in [4.69, 9.17) is 18.4 Å². The van der Waals surface area contributed by atoms with Gasteiger partial charge in [-0.25, -0.2) is 0 Å². The van der Waals surface area contributed by atoms with Crippen molar-refractivity contribution in [3.63, 3.8) is 0 Å². The summed E-state index contributed by atoms with van der Waals surface area (Å²) >= 11 is 0. The molecule has 51 heavy (non-hydrogen) atoms. The van der Waals surface area contributed by atoms with Crippen LogP contribution in [0, 0.1) is 0 Å². The average Bonchev–Trinajstić information content (AvgIpc) is 3.28. The number of ether oxygens (including phenoxy) is 1. The Bertz CT molecular complexity index is 3580. The molecule has 236 valence electrons. The molecule has 0 fully saturated rings. The van der Waals surface area contributed by atoms with E-state index in [0.29, 0.717) is 43.8 Å². The Kier molecular flexibility index (Phi) is 4.29. The van der Waals surface area contributed by atoms with Gasteiger partial charge in [-0.2, -0.15) is 0 Å². The molecule has 1 heterocycles. The van der Waals surface area contributed by atoms with Crippen LogP contribution in [0.5, 0.6) is 11.5 Å². The second-order valence-electron chi connectivity index (χ2n) is 12.8. The predicted octanol–water partition coefficient (Wildman–Crippen LogP) is 14.2. The van der Waals surface area contributed by atoms with Crippen LogP contribution in [0.15, 0.2) is 182 Å². The molecule has 0 saturated heterocycles. The lowest BCUT2D eigenvalue weighted by molar-refractivity contribution is 0.488. The summed E-state index contributed by atoms with van der Waals surface area (Å²) in [5.74, 6) is 1.46. The van der Waals surface area contributed by atoms with E-state index in [2.05, 4.69) is 42.5 Å². The number of hydrogen-bond donors (Lipinski definition) is 0. The Balaban J connectivity index is 1.30. The van der Waals surface area contributed by atoms with Gasteiger partial charge >= 0.3 is 0 Å². The molecule has 1 aliphatic heterocycles. The van der Waals surface area contributed by atoms with E-state index in [-0.39, 0.29) is 35.3 Å². The van der Waals surface area contributed by atoms with Gasteiger partial charge in [-0.05, 0) is 106 Å². The molecule has 0 saturated carbocycles. The molecule has 0 spiro atoms. The first-order valence-corrected chi connectivity index (χ1v) is 16.8. The number of fused-ring (bicyclic) bond motifs is 8. The van der Waals surface area contributed by atoms with Crippen molar-refractivity contribution in [1.29, 1.82) is 0 Å². The fourth-order valence-electron chi connectivity index (χ4n) is 8.11. The average molecular weight is 657 g/mol. The summed E-state index contributed by atoms with van der Waals surface area (Å²) in [6.45, 7) is 0. The molecule has 0 unspecified atom stereocenters. The number of rotatable bonds is 3. The van der Waals surface area contributed by atoms with Gasteiger partial charge in [0.15, 0.2) is 0 Å². The molecule has 11 rings (SSSR count). The zero-order valence-electron chi connectivity index (χ0n) is 37.0. The maximum absolute atomic E-state index is 9.14. The van der Waals surface area contributed by atoms with Gasteiger partial charge in [-0.3, -0.25) is 0 Å². The first-order valence-electron chi connectivity index (χ1n) is 21.8. The van der Waals surface area contributed by atoms with E-state index in [0.717, 1.165) is 54.9 Å². The quantitative estimate of drug-likeness (QED) is 0.136. The maximum Gasteiger partial charge on any atom is 0.136 e. The van der Waals surface area contributed by atoms with Gasteiger partial charge in [-0.15, -0.1) is 0 Å². The summed E-state index contributed by atoms with van der Waals surface area (Å²) in [6, 6.07) is 35.4. The van der Waals surface area contributed by atoms with Gasteiger partial charge in [-0.1, -0.05) is 164 Å². The van der Waals surface area contributed by atoms with E-state index < -0.39 is 36.3 Å². The third-order valence-corrected chi connectivity index (χ3v) is 10.2. The van der Waals surface area contributed by atoms with Crippen molar-refractivity contribution in [1.82, 2.24) is 0 Å². The third-order valence-electron chi connectivity index (χ3n) is 10.2. The highest BCUT2D eigenvalue weighted by molar-refractivity contribution is 6.29. The van der Waals surface area contributed by atoms with Gasteiger partial charge < -0.3 is 4.74 Å². The van der Waals surface area contributed by atoms with Crippen LogP contribution in [-0.2, 0) is 0 Å². The maximum atomic E-state index is 9.14. The van der Waals surface area contributed by atoms with Gasteiger partial charge in [0.25, 0.3) is 0 Å². The lowest BCUT2D eigenvalue weighted by atomic mass is 9.82. The molecule has 0 radical (unpaired) electrons. The molecular weight excluding hydrogens is 617 g/mol. The second kappa shape index (κ2) is 10.9. The van der Waals surface area contributed by atoms with Crippen LogP contribution in [-0.4, -0.2) is 0 Å². The van der Waals surface area contributed by atoms with Crippen molar-refractivity contribution in [2.75, 3.05) is 0 Å². The van der Waals surface area contributed by atoms with Gasteiger partial charge in [0.05, 0.1) is 13.7 Å². The Labute approximate surface area is 309 Å². The van der Waals surface area contributed by atoms with Gasteiger partial charge in [0.1, 0.15) is 11.5 Å². The van der Waals surface area contributed by atoms with E-state index in [1.54, 1.807) is 12.1 Å². The first-order chi connectivity index (χ1) is 29.5. The van der Waals surface area contributed by atoms with E-state index in [1.165, 1.54) is 0 Å². The molecule has 1 nitrogen and oxygen atoms in total. The molecule has 0 bridgehead atoms. The molecule has 0 atom stereocenters. The minimum Gasteiger partial charge on any atom is -0.456 e. The van der Waals surface area contributed by atoms with Gasteiger partial charge in [0.2, 0.25) is 0 Å². The summed E-state index contributed by atoms with van der Waals surface area (Å²) < 4.78 is 93.7. The largest absolute Gasteiger partial charge is 0.456 e. The third kappa shape index (κ3) is 4.16. The zero-order valence-corrected chi connectivity index (χ0v) is 27.0. The normalized spacial score (nSPS) is 14.8. The SMILES string of the molecule is [2H]c1c([2H])c([2H])c(-c2cccc3c2ccc2c(-c4c([2H])c([2H])c([2H])c([2H])c4[2H])c4ccccc4c(-c4ccc5c(c4)-c4cccc6c4c(cc4ccccc46)O5)c23)c([2H])c1[2H]. The molecule has 0 aliphatic carbocycles. The highest BCUT2D eigenvalue weighted by atomic mass is 16.5. The summed E-state index contributed by atoms with van der Waals surface area (Å²) in [7, 11) is 0. The van der Waals surface area contributed by atoms with Crippen molar-refractivity contribution < 1.29 is 18.4 Å². The summed E-state index contributed by atoms with van der Waals surface area (Å²) in [4.78, 5) is 0. The van der Waals surface area contributed by atoms with E-state index in [9.17, 15) is 0 Å². The van der Waals surface area contributed by atoms with Crippen LogP contribution in [0.3, 0.4) is 0 Å². The zero-order chi connectivity index (χ0) is 42.2. The number of hydrogen-bond acceptors (Lipinski definition) is 1. The molecule has 10 aromatic rings. The molecular formula is C50H30O. The van der Waals surface area contributed by atoms with Crippen molar-refractivity contribution in [3.8, 4) is 56.0 Å². The van der Waals surface area contributed by atoms with Crippen LogP contribution >= 0.6 is 0 Å². The Hall–Kier alpha value is -6.70. The lowest BCUT2D eigenvalue weighted by Gasteiger charge is -2.24. The highest BCUT2D eigenvalue weighted by Crippen LogP contribution is 2.52. The Morgan fingerprint density at radius 2 is 0.980 bits per heavy atom. The van der Waals surface area contributed by atoms with Crippen molar-refractivity contribution in [2.45, 2.75) is 0 Å². The Morgan fingerprint density at radius 1 is 0.353 bits per heavy atom. The van der Waals surface area contributed by atoms with Crippen molar-refractivity contribution in [3.05, 3.63) is 182 Å². The van der Waals surface area contributed by atoms with Crippen LogP contribution in [0.4, 0.5) is 0 Å². The first kappa shape index (κ1) is 20.1. The molecule has 0 aromatic heterocycles. The molecule has 10 aromatic carbocycles. The fourth-order valence-corrected chi connectivity index (χ4v) is 8.11. The number of benzene rings is 10. The van der Waals surface area contributed by atoms with Gasteiger partial charge in [0, 0.05) is 10.9 Å². The second-order valence-corrected chi connectivity index (χ2v) is 12.8. The van der Waals surface area contributed by atoms with Crippen LogP contribution in [0.1, 0.15) is 13.7 Å². The van der Waals surface area contributed by atoms with Crippen molar-refractivity contribution in [2.24, 2.45) is 0 Å². The summed E-state index contributed by atoms with van der Waals surface area (Å²) in [6.07, 6.45) is 0. The molecule has 0 N–H and O–H groups in total. The Morgan fingerprint density at radius 3 is 1.76 bits per heavy atom. The van der Waals surface area contributed by atoms with E-state index >= 15 is 0 Å². The van der Waals surface area contributed by atoms with Crippen LogP contribution in [0.25, 0.3) is 98.4 Å². The highest BCUT2D eigenvalue weighted by Gasteiger charge is 2.24. The summed E-state index contributed by atoms with van der Waals surface area (Å²) in [5, 5.41) is 8.34. The monoisotopic (exact) mass is 656 g/mol. The molecule has 1 aliphatic rings. The van der Waals surface area contributed by atoms with Crippen LogP contribution in [0.2, 0.25) is 0 Å². The lowest BCUT2D eigenvalue weighted by Crippen LogP contribution is -1.98. The van der Waals surface area contributed by atoms with E-state index in [1.807, 2.05) is 66.7 Å². The molecule has 0 amide bonds. The smallest absolute Gasteiger partial charge is 0.136 e. The van der Waals surface area contributed by atoms with Crippen LogP contribution < -0.4 is 4.74 Å². The summed E-state index contributed by atoms with van der Waals surface area (Å²) in [5.41, 5.74) is 4.57. The molecule has 1 heteroatoms. The predicted molar refractivity (Wildman–Crippen MR) is 216 cm³/mol. The topological polar surface area (TPSA) is 9.23 Å².